The number of ether oxygens (including phenoxy) is 1. The molecular weight excluding hydrogens is 468 g/mol. The Balaban J connectivity index is 1.64. The molecule has 9 heteroatoms. The fraction of sp³-hybridized carbons (Fsp3) is 0.214. The van der Waals surface area contributed by atoms with E-state index < -0.39 is 5.60 Å². The Morgan fingerprint density at radius 2 is 1.70 bits per heavy atom. The minimum atomic E-state index is -1.53. The van der Waals surface area contributed by atoms with E-state index in [0.717, 1.165) is 0 Å². The third-order valence-corrected chi connectivity index (χ3v) is 6.33. The number of hydrogen-bond donors (Lipinski definition) is 3. The number of amides is 1. The van der Waals surface area contributed by atoms with Gasteiger partial charge in [0.15, 0.2) is 11.4 Å². The Hall–Kier alpha value is -4.34. The molecule has 2 aromatic heterocycles. The van der Waals surface area contributed by atoms with Crippen LogP contribution in [-0.4, -0.2) is 49.5 Å². The summed E-state index contributed by atoms with van der Waals surface area (Å²) in [6.07, 6.45) is 0.683. The lowest BCUT2D eigenvalue weighted by Gasteiger charge is -2.29. The molecule has 5 rings (SSSR count). The molecule has 0 radical (unpaired) electrons. The van der Waals surface area contributed by atoms with Crippen LogP contribution in [0.2, 0.25) is 0 Å². The number of carbonyl (C=O) groups is 1. The topological polar surface area (TPSA) is 118 Å². The van der Waals surface area contributed by atoms with Gasteiger partial charge in [0.05, 0.1) is 17.6 Å². The quantitative estimate of drug-likeness (QED) is 0.285. The molecule has 9 nitrogen and oxygen atoms in total. The zero-order chi connectivity index (χ0) is 25.8. The van der Waals surface area contributed by atoms with Gasteiger partial charge in [-0.25, -0.2) is 4.98 Å². The summed E-state index contributed by atoms with van der Waals surface area (Å²) < 4.78 is 7.30. The number of nitrogens with zero attached hydrogens (tertiary/aromatic N) is 4. The van der Waals surface area contributed by atoms with E-state index in [9.17, 15) is 9.90 Å². The number of methoxy groups -OCH3 is 1. The van der Waals surface area contributed by atoms with E-state index in [-0.39, 0.29) is 11.9 Å². The maximum absolute atomic E-state index is 13.0. The number of rotatable bonds is 9. The van der Waals surface area contributed by atoms with E-state index in [1.54, 1.807) is 25.3 Å². The van der Waals surface area contributed by atoms with Gasteiger partial charge in [0.25, 0.3) is 5.91 Å². The van der Waals surface area contributed by atoms with Crippen molar-refractivity contribution in [3.63, 3.8) is 0 Å². The first-order chi connectivity index (χ1) is 18.0. The van der Waals surface area contributed by atoms with Crippen LogP contribution in [0.1, 0.15) is 40.1 Å². The number of hydrogen-bond acceptors (Lipinski definition) is 6. The van der Waals surface area contributed by atoms with Gasteiger partial charge in [0, 0.05) is 25.6 Å². The molecule has 0 unspecified atom stereocenters. The van der Waals surface area contributed by atoms with Gasteiger partial charge < -0.3 is 14.4 Å². The first-order valence-corrected chi connectivity index (χ1v) is 12.1. The molecule has 0 aliphatic rings. The smallest absolute Gasteiger partial charge is 0.258 e. The minimum absolute atomic E-state index is 0.220. The SMILES string of the molecule is CCc1nc(NC(=O)c2ccc3nc(C(O)(c4ccccc4)c4ccccc4)n(CCOC)c3c2)n[nH]1. The number of aromatic nitrogens is 5. The Labute approximate surface area is 214 Å². The Morgan fingerprint density at radius 3 is 2.30 bits per heavy atom. The van der Waals surface area contributed by atoms with Crippen LogP contribution in [0.3, 0.4) is 0 Å². The number of fused-ring (bicyclic) bond motifs is 1. The van der Waals surface area contributed by atoms with Crippen molar-refractivity contribution in [2.24, 2.45) is 0 Å². The molecule has 0 bridgehead atoms. The maximum atomic E-state index is 13.0. The van der Waals surface area contributed by atoms with Crippen LogP contribution >= 0.6 is 0 Å². The van der Waals surface area contributed by atoms with Gasteiger partial charge in [-0.3, -0.25) is 15.2 Å². The molecule has 0 spiro atoms. The summed E-state index contributed by atoms with van der Waals surface area (Å²) in [5.74, 6) is 1.01. The maximum Gasteiger partial charge on any atom is 0.258 e. The molecule has 1 amide bonds. The number of aromatic amines is 1. The number of benzene rings is 3. The standard InChI is InChI=1S/C28H28N6O3/c1-3-24-30-27(33-32-24)31-25(35)19-14-15-22-23(18-19)34(16-17-37-2)26(29-22)28(36,20-10-6-4-7-11-20)21-12-8-5-9-13-21/h4-15,18,36H,3,16-17H2,1-2H3,(H2,30,31,32,33,35). The molecule has 188 valence electrons. The first kappa shape index (κ1) is 24.4. The number of imidazole rings is 1. The molecule has 3 N–H and O–H groups in total. The van der Waals surface area contributed by atoms with Crippen LogP contribution in [0.4, 0.5) is 5.95 Å². The highest BCUT2D eigenvalue weighted by atomic mass is 16.5. The second-order valence-corrected chi connectivity index (χ2v) is 8.64. The van der Waals surface area contributed by atoms with Crippen LogP contribution in [0, 0.1) is 0 Å². The highest BCUT2D eigenvalue weighted by Gasteiger charge is 2.39. The average molecular weight is 497 g/mol. The van der Waals surface area contributed by atoms with Crippen LogP contribution < -0.4 is 5.32 Å². The largest absolute Gasteiger partial charge is 0.383 e. The second-order valence-electron chi connectivity index (χ2n) is 8.64. The lowest BCUT2D eigenvalue weighted by atomic mass is 9.85. The summed E-state index contributed by atoms with van der Waals surface area (Å²) >= 11 is 0. The number of carbonyl (C=O) groups excluding carboxylic acids is 1. The van der Waals surface area contributed by atoms with Gasteiger partial charge in [0.1, 0.15) is 5.82 Å². The van der Waals surface area contributed by atoms with E-state index in [4.69, 9.17) is 9.72 Å². The lowest BCUT2D eigenvalue weighted by molar-refractivity contribution is 0.102. The summed E-state index contributed by atoms with van der Waals surface area (Å²) in [5.41, 5.74) is 1.61. The summed E-state index contributed by atoms with van der Waals surface area (Å²) in [4.78, 5) is 22.2. The summed E-state index contributed by atoms with van der Waals surface area (Å²) in [6, 6.07) is 24.2. The average Bonchev–Trinajstić information content (AvgIpc) is 3.56. The van der Waals surface area contributed by atoms with Gasteiger partial charge in [-0.2, -0.15) is 4.98 Å². The fourth-order valence-corrected chi connectivity index (χ4v) is 4.42. The number of H-pyrrole nitrogens is 1. The van der Waals surface area contributed by atoms with Gasteiger partial charge >= 0.3 is 0 Å². The van der Waals surface area contributed by atoms with Crippen molar-refractivity contribution >= 4 is 22.9 Å². The molecule has 0 fully saturated rings. The normalized spacial score (nSPS) is 11.6. The molecular formula is C28H28N6O3. The number of aliphatic hydroxyl groups is 1. The van der Waals surface area contributed by atoms with Crippen molar-refractivity contribution in [2.75, 3.05) is 19.0 Å². The number of nitrogens with one attached hydrogen (secondary N) is 2. The Kier molecular flexibility index (Phi) is 6.80. The molecule has 0 saturated heterocycles. The molecule has 0 aliphatic heterocycles. The molecule has 0 saturated carbocycles. The third kappa shape index (κ3) is 4.62. The molecule has 0 aliphatic carbocycles. The van der Waals surface area contributed by atoms with E-state index >= 15 is 0 Å². The molecule has 3 aromatic carbocycles. The first-order valence-electron chi connectivity index (χ1n) is 12.1. The van der Waals surface area contributed by atoms with Gasteiger partial charge in [-0.1, -0.05) is 67.6 Å². The molecule has 2 heterocycles. The molecule has 37 heavy (non-hydrogen) atoms. The Morgan fingerprint density at radius 1 is 1.03 bits per heavy atom. The van der Waals surface area contributed by atoms with Crippen LogP contribution in [0.25, 0.3) is 11.0 Å². The van der Waals surface area contributed by atoms with Crippen LogP contribution in [0.15, 0.2) is 78.9 Å². The van der Waals surface area contributed by atoms with Crippen LogP contribution in [0.5, 0.6) is 0 Å². The zero-order valence-electron chi connectivity index (χ0n) is 20.7. The highest BCUT2D eigenvalue weighted by molar-refractivity contribution is 6.05. The van der Waals surface area contributed by atoms with Crippen molar-refractivity contribution in [1.82, 2.24) is 24.7 Å². The second kappa shape index (κ2) is 10.3. The van der Waals surface area contributed by atoms with Gasteiger partial charge in [-0.05, 0) is 29.3 Å². The van der Waals surface area contributed by atoms with E-state index in [0.29, 0.717) is 58.9 Å². The fourth-order valence-electron chi connectivity index (χ4n) is 4.42. The van der Waals surface area contributed by atoms with Crippen LogP contribution in [-0.2, 0) is 23.3 Å². The van der Waals surface area contributed by atoms with E-state index in [1.807, 2.05) is 72.2 Å². The summed E-state index contributed by atoms with van der Waals surface area (Å²) in [6.45, 7) is 2.77. The monoisotopic (exact) mass is 496 g/mol. The third-order valence-electron chi connectivity index (χ3n) is 6.33. The minimum Gasteiger partial charge on any atom is -0.383 e. The van der Waals surface area contributed by atoms with Crippen molar-refractivity contribution < 1.29 is 14.6 Å². The highest BCUT2D eigenvalue weighted by Crippen LogP contribution is 2.37. The molecule has 0 atom stereocenters. The van der Waals surface area contributed by atoms with Gasteiger partial charge in [-0.15, -0.1) is 5.10 Å². The lowest BCUT2D eigenvalue weighted by Crippen LogP contribution is -2.33. The number of aryl methyl sites for hydroxylation is 1. The predicted octanol–water partition coefficient (Wildman–Crippen LogP) is 3.90. The zero-order valence-corrected chi connectivity index (χ0v) is 20.7. The van der Waals surface area contributed by atoms with Gasteiger partial charge in [0.2, 0.25) is 5.95 Å². The summed E-state index contributed by atoms with van der Waals surface area (Å²) in [5, 5.41) is 21.9. The van der Waals surface area contributed by atoms with E-state index in [2.05, 4.69) is 20.5 Å². The van der Waals surface area contributed by atoms with Crippen molar-refractivity contribution in [3.8, 4) is 0 Å². The summed E-state index contributed by atoms with van der Waals surface area (Å²) in [7, 11) is 1.62. The number of anilines is 1. The van der Waals surface area contributed by atoms with E-state index in [1.165, 1.54) is 0 Å². The van der Waals surface area contributed by atoms with Crippen molar-refractivity contribution in [2.45, 2.75) is 25.5 Å². The Bertz CT molecular complexity index is 1470. The molecule has 5 aromatic rings. The van der Waals surface area contributed by atoms with Crippen molar-refractivity contribution in [1.29, 1.82) is 0 Å². The van der Waals surface area contributed by atoms with Crippen molar-refractivity contribution in [3.05, 3.63) is 107 Å². The predicted molar refractivity (Wildman–Crippen MR) is 140 cm³/mol.